The SMILES string of the molecule is CNC1=NCC(c2ccc([N+](=O)[O-])cc2)c2ccccc21. The molecule has 2 aromatic rings. The van der Waals surface area contributed by atoms with E-state index in [1.807, 2.05) is 37.4 Å². The lowest BCUT2D eigenvalue weighted by molar-refractivity contribution is -0.384. The van der Waals surface area contributed by atoms with Crippen LogP contribution in [0.5, 0.6) is 0 Å². The molecule has 0 amide bonds. The number of amidine groups is 1. The Kier molecular flexibility index (Phi) is 3.39. The van der Waals surface area contributed by atoms with Crippen molar-refractivity contribution in [2.75, 3.05) is 13.6 Å². The lowest BCUT2D eigenvalue weighted by Gasteiger charge is -2.25. The van der Waals surface area contributed by atoms with Gasteiger partial charge in [-0.3, -0.25) is 15.1 Å². The second-order valence-electron chi connectivity index (χ2n) is 4.93. The third-order valence-electron chi connectivity index (χ3n) is 3.77. The number of hydrogen-bond acceptors (Lipinski definition) is 4. The number of hydrogen-bond donors (Lipinski definition) is 1. The first-order chi connectivity index (χ1) is 10.2. The molecular weight excluding hydrogens is 266 g/mol. The normalized spacial score (nSPS) is 16.8. The number of fused-ring (bicyclic) bond motifs is 1. The van der Waals surface area contributed by atoms with Gasteiger partial charge in [0.25, 0.3) is 5.69 Å². The molecule has 106 valence electrons. The largest absolute Gasteiger partial charge is 0.373 e. The van der Waals surface area contributed by atoms with Gasteiger partial charge in [-0.15, -0.1) is 0 Å². The summed E-state index contributed by atoms with van der Waals surface area (Å²) in [5, 5.41) is 13.9. The van der Waals surface area contributed by atoms with E-state index in [4.69, 9.17) is 0 Å². The smallest absolute Gasteiger partial charge is 0.269 e. The Balaban J connectivity index is 2.01. The van der Waals surface area contributed by atoms with Crippen LogP contribution in [-0.4, -0.2) is 24.4 Å². The highest BCUT2D eigenvalue weighted by molar-refractivity contribution is 6.01. The molecular formula is C16H15N3O2. The van der Waals surface area contributed by atoms with E-state index in [0.717, 1.165) is 17.0 Å². The maximum absolute atomic E-state index is 10.7. The summed E-state index contributed by atoms with van der Waals surface area (Å²) in [6.07, 6.45) is 0. The second-order valence-corrected chi connectivity index (χ2v) is 4.93. The third kappa shape index (κ3) is 2.38. The van der Waals surface area contributed by atoms with E-state index in [1.54, 1.807) is 12.1 Å². The molecule has 3 rings (SSSR count). The van der Waals surface area contributed by atoms with Crippen LogP contribution in [0.25, 0.3) is 0 Å². The summed E-state index contributed by atoms with van der Waals surface area (Å²) in [5.74, 6) is 1.03. The van der Waals surface area contributed by atoms with E-state index in [-0.39, 0.29) is 16.5 Å². The molecule has 5 heteroatoms. The molecule has 0 aromatic heterocycles. The zero-order chi connectivity index (χ0) is 14.8. The van der Waals surface area contributed by atoms with Gasteiger partial charge in [0.15, 0.2) is 0 Å². The molecule has 0 bridgehead atoms. The summed E-state index contributed by atoms with van der Waals surface area (Å²) >= 11 is 0. The fraction of sp³-hybridized carbons (Fsp3) is 0.188. The molecule has 1 aliphatic rings. The molecule has 1 heterocycles. The Hall–Kier alpha value is -2.69. The van der Waals surface area contributed by atoms with Crippen molar-refractivity contribution in [3.05, 3.63) is 75.3 Å². The predicted molar refractivity (Wildman–Crippen MR) is 81.8 cm³/mol. The van der Waals surface area contributed by atoms with E-state index in [9.17, 15) is 10.1 Å². The van der Waals surface area contributed by atoms with Crippen LogP contribution in [0.15, 0.2) is 53.5 Å². The summed E-state index contributed by atoms with van der Waals surface area (Å²) in [5.41, 5.74) is 3.45. The van der Waals surface area contributed by atoms with E-state index in [1.165, 1.54) is 5.56 Å². The van der Waals surface area contributed by atoms with Gasteiger partial charge in [-0.25, -0.2) is 0 Å². The standard InChI is InChI=1S/C16H15N3O2/c1-17-16-14-5-3-2-4-13(14)15(10-18-16)11-6-8-12(9-7-11)19(20)21/h2-9,15H,10H2,1H3,(H,17,18). The average Bonchev–Trinajstić information content (AvgIpc) is 2.54. The topological polar surface area (TPSA) is 67.5 Å². The lowest BCUT2D eigenvalue weighted by Crippen LogP contribution is -2.27. The van der Waals surface area contributed by atoms with Gasteiger partial charge in [0.05, 0.1) is 11.5 Å². The van der Waals surface area contributed by atoms with E-state index >= 15 is 0 Å². The van der Waals surface area contributed by atoms with E-state index in [2.05, 4.69) is 16.4 Å². The first kappa shape index (κ1) is 13.3. The van der Waals surface area contributed by atoms with Crippen molar-refractivity contribution in [1.29, 1.82) is 0 Å². The van der Waals surface area contributed by atoms with Crippen LogP contribution in [-0.2, 0) is 0 Å². The monoisotopic (exact) mass is 281 g/mol. The van der Waals surface area contributed by atoms with Gasteiger partial charge in [0.1, 0.15) is 5.84 Å². The molecule has 21 heavy (non-hydrogen) atoms. The highest BCUT2D eigenvalue weighted by atomic mass is 16.6. The Morgan fingerprint density at radius 2 is 1.90 bits per heavy atom. The quantitative estimate of drug-likeness (QED) is 0.679. The Bertz CT molecular complexity index is 708. The number of rotatable bonds is 2. The minimum atomic E-state index is -0.379. The summed E-state index contributed by atoms with van der Waals surface area (Å²) in [6, 6.07) is 14.9. The molecule has 0 aliphatic carbocycles. The van der Waals surface area contributed by atoms with Gasteiger partial charge in [-0.05, 0) is 11.1 Å². The maximum atomic E-state index is 10.7. The van der Waals surface area contributed by atoms with Gasteiger partial charge in [0.2, 0.25) is 0 Å². The predicted octanol–water partition coefficient (Wildman–Crippen LogP) is 2.71. The lowest BCUT2D eigenvalue weighted by atomic mass is 9.86. The van der Waals surface area contributed by atoms with Crippen LogP contribution in [0.3, 0.4) is 0 Å². The zero-order valence-electron chi connectivity index (χ0n) is 11.6. The first-order valence-corrected chi connectivity index (χ1v) is 6.76. The maximum Gasteiger partial charge on any atom is 0.269 e. The fourth-order valence-corrected chi connectivity index (χ4v) is 2.71. The van der Waals surface area contributed by atoms with Gasteiger partial charge in [-0.1, -0.05) is 36.4 Å². The van der Waals surface area contributed by atoms with Crippen LogP contribution in [0, 0.1) is 10.1 Å². The molecule has 2 aromatic carbocycles. The van der Waals surface area contributed by atoms with Crippen molar-refractivity contribution >= 4 is 11.5 Å². The molecule has 1 N–H and O–H groups in total. The van der Waals surface area contributed by atoms with Gasteiger partial charge >= 0.3 is 0 Å². The van der Waals surface area contributed by atoms with Gasteiger partial charge in [0, 0.05) is 30.7 Å². The molecule has 0 saturated carbocycles. The molecule has 0 spiro atoms. The van der Waals surface area contributed by atoms with Crippen LogP contribution in [0.4, 0.5) is 5.69 Å². The fourth-order valence-electron chi connectivity index (χ4n) is 2.71. The molecule has 1 aliphatic heterocycles. The van der Waals surface area contributed by atoms with Crippen LogP contribution < -0.4 is 5.32 Å². The number of nitro groups is 1. The van der Waals surface area contributed by atoms with Crippen molar-refractivity contribution in [3.8, 4) is 0 Å². The van der Waals surface area contributed by atoms with Crippen molar-refractivity contribution < 1.29 is 4.92 Å². The third-order valence-corrected chi connectivity index (χ3v) is 3.77. The van der Waals surface area contributed by atoms with Crippen molar-refractivity contribution in [2.45, 2.75) is 5.92 Å². The van der Waals surface area contributed by atoms with Crippen molar-refractivity contribution in [2.24, 2.45) is 4.99 Å². The minimum absolute atomic E-state index is 0.113. The number of benzene rings is 2. The van der Waals surface area contributed by atoms with Crippen molar-refractivity contribution in [3.63, 3.8) is 0 Å². The second kappa shape index (κ2) is 5.36. The first-order valence-electron chi connectivity index (χ1n) is 6.76. The Labute approximate surface area is 122 Å². The Morgan fingerprint density at radius 1 is 1.19 bits per heavy atom. The number of nitrogens with zero attached hydrogens (tertiary/aromatic N) is 2. The van der Waals surface area contributed by atoms with E-state index < -0.39 is 0 Å². The highest BCUT2D eigenvalue weighted by Gasteiger charge is 2.23. The number of nitro benzene ring substituents is 1. The molecule has 1 atom stereocenters. The van der Waals surface area contributed by atoms with Gasteiger partial charge < -0.3 is 5.32 Å². The number of nitrogens with one attached hydrogen (secondary N) is 1. The summed E-state index contributed by atoms with van der Waals surface area (Å²) in [7, 11) is 1.86. The van der Waals surface area contributed by atoms with Gasteiger partial charge in [-0.2, -0.15) is 0 Å². The molecule has 1 unspecified atom stereocenters. The zero-order valence-corrected chi connectivity index (χ0v) is 11.6. The Morgan fingerprint density at radius 3 is 2.57 bits per heavy atom. The summed E-state index contributed by atoms with van der Waals surface area (Å²) < 4.78 is 0. The molecule has 5 nitrogen and oxygen atoms in total. The summed E-state index contributed by atoms with van der Waals surface area (Å²) in [6.45, 7) is 0.644. The van der Waals surface area contributed by atoms with Crippen molar-refractivity contribution in [1.82, 2.24) is 5.32 Å². The molecule has 0 fully saturated rings. The molecule has 0 saturated heterocycles. The van der Waals surface area contributed by atoms with E-state index in [0.29, 0.717) is 6.54 Å². The minimum Gasteiger partial charge on any atom is -0.373 e. The van der Waals surface area contributed by atoms with Crippen LogP contribution >= 0.6 is 0 Å². The number of non-ortho nitro benzene ring substituents is 1. The molecule has 0 radical (unpaired) electrons. The van der Waals surface area contributed by atoms with Crippen LogP contribution in [0.2, 0.25) is 0 Å². The summed E-state index contributed by atoms with van der Waals surface area (Å²) in [4.78, 5) is 14.9. The number of aliphatic imine (C=N–C) groups is 1. The average molecular weight is 281 g/mol. The highest BCUT2D eigenvalue weighted by Crippen LogP contribution is 2.31. The van der Waals surface area contributed by atoms with Crippen LogP contribution in [0.1, 0.15) is 22.6 Å².